The molecule has 16 heavy (non-hydrogen) atoms. The predicted octanol–water partition coefficient (Wildman–Crippen LogP) is 1.30. The van der Waals surface area contributed by atoms with E-state index in [0.717, 1.165) is 32.0 Å². The summed E-state index contributed by atoms with van der Waals surface area (Å²) in [5, 5.41) is 6.74. The van der Waals surface area contributed by atoms with E-state index < -0.39 is 0 Å². The molecule has 4 nitrogen and oxygen atoms in total. The van der Waals surface area contributed by atoms with E-state index in [1.165, 1.54) is 5.56 Å². The van der Waals surface area contributed by atoms with Crippen LogP contribution in [0, 0.1) is 6.92 Å². The molecule has 0 aliphatic carbocycles. The lowest BCUT2D eigenvalue weighted by molar-refractivity contribution is 0.198. The zero-order valence-corrected chi connectivity index (χ0v) is 10.4. The van der Waals surface area contributed by atoms with Crippen molar-refractivity contribution in [2.75, 3.05) is 26.8 Å². The quantitative estimate of drug-likeness (QED) is 0.656. The molecule has 0 saturated heterocycles. The molecule has 0 aliphatic rings. The first-order valence-electron chi connectivity index (χ1n) is 5.69. The summed E-state index contributed by atoms with van der Waals surface area (Å²) in [7, 11) is 1.71. The van der Waals surface area contributed by atoms with Crippen molar-refractivity contribution in [3.63, 3.8) is 0 Å². The van der Waals surface area contributed by atoms with E-state index in [0.29, 0.717) is 6.04 Å². The predicted molar refractivity (Wildman–Crippen MR) is 64.5 cm³/mol. The topological polar surface area (TPSA) is 46.4 Å². The SMILES string of the molecule is COCCNCC(C)NCc1coc(C)c1. The highest BCUT2D eigenvalue weighted by Gasteiger charge is 2.02. The highest BCUT2D eigenvalue weighted by atomic mass is 16.5. The standard InChI is InChI=1S/C12H22N2O2/c1-10(7-13-4-5-15-3)14-8-12-6-11(2)16-9-12/h6,9-10,13-14H,4-5,7-8H2,1-3H3. The lowest BCUT2D eigenvalue weighted by Gasteiger charge is -2.13. The fourth-order valence-corrected chi connectivity index (χ4v) is 1.45. The summed E-state index contributed by atoms with van der Waals surface area (Å²) in [6, 6.07) is 2.49. The Balaban J connectivity index is 2.08. The Labute approximate surface area is 97.4 Å². The van der Waals surface area contributed by atoms with Crippen LogP contribution < -0.4 is 10.6 Å². The molecular weight excluding hydrogens is 204 g/mol. The molecule has 0 spiro atoms. The van der Waals surface area contributed by atoms with Crippen molar-refractivity contribution in [3.05, 3.63) is 23.7 Å². The van der Waals surface area contributed by atoms with Gasteiger partial charge in [0, 0.05) is 38.3 Å². The van der Waals surface area contributed by atoms with Crippen LogP contribution in [0.3, 0.4) is 0 Å². The van der Waals surface area contributed by atoms with E-state index in [-0.39, 0.29) is 0 Å². The second-order valence-corrected chi connectivity index (χ2v) is 4.04. The van der Waals surface area contributed by atoms with Gasteiger partial charge in [0.05, 0.1) is 12.9 Å². The second kappa shape index (κ2) is 7.44. The molecule has 1 atom stereocenters. The monoisotopic (exact) mass is 226 g/mol. The lowest BCUT2D eigenvalue weighted by Crippen LogP contribution is -2.37. The summed E-state index contributed by atoms with van der Waals surface area (Å²) < 4.78 is 10.2. The van der Waals surface area contributed by atoms with Gasteiger partial charge in [0.25, 0.3) is 0 Å². The number of nitrogens with one attached hydrogen (secondary N) is 2. The number of methoxy groups -OCH3 is 1. The third-order valence-corrected chi connectivity index (χ3v) is 2.37. The molecule has 1 rings (SSSR count). The summed E-state index contributed by atoms with van der Waals surface area (Å²) in [5.41, 5.74) is 1.20. The summed E-state index contributed by atoms with van der Waals surface area (Å²) in [6.07, 6.45) is 1.80. The minimum absolute atomic E-state index is 0.437. The average Bonchev–Trinajstić information content (AvgIpc) is 2.68. The molecule has 1 aromatic rings. The van der Waals surface area contributed by atoms with E-state index in [2.05, 4.69) is 23.6 Å². The van der Waals surface area contributed by atoms with Crippen LogP contribution in [0.15, 0.2) is 16.7 Å². The molecule has 0 saturated carbocycles. The van der Waals surface area contributed by atoms with Crippen LogP contribution in [-0.2, 0) is 11.3 Å². The van der Waals surface area contributed by atoms with Crippen molar-refractivity contribution in [1.29, 1.82) is 0 Å². The van der Waals surface area contributed by atoms with Crippen LogP contribution >= 0.6 is 0 Å². The number of furan rings is 1. The van der Waals surface area contributed by atoms with Crippen molar-refractivity contribution < 1.29 is 9.15 Å². The van der Waals surface area contributed by atoms with Gasteiger partial charge in [-0.15, -0.1) is 0 Å². The van der Waals surface area contributed by atoms with Gasteiger partial charge in [0.1, 0.15) is 5.76 Å². The van der Waals surface area contributed by atoms with Crippen LogP contribution in [0.25, 0.3) is 0 Å². The van der Waals surface area contributed by atoms with Gasteiger partial charge in [0.2, 0.25) is 0 Å². The Morgan fingerprint density at radius 1 is 1.50 bits per heavy atom. The number of ether oxygens (including phenoxy) is 1. The molecule has 0 fully saturated rings. The van der Waals surface area contributed by atoms with Gasteiger partial charge in [-0.05, 0) is 19.9 Å². The summed E-state index contributed by atoms with van der Waals surface area (Å²) >= 11 is 0. The van der Waals surface area contributed by atoms with Crippen LogP contribution in [-0.4, -0.2) is 32.8 Å². The first-order valence-corrected chi connectivity index (χ1v) is 5.69. The fourth-order valence-electron chi connectivity index (χ4n) is 1.45. The smallest absolute Gasteiger partial charge is 0.101 e. The molecular formula is C12H22N2O2. The highest BCUT2D eigenvalue weighted by Crippen LogP contribution is 2.05. The van der Waals surface area contributed by atoms with Crippen LogP contribution in [0.2, 0.25) is 0 Å². The normalized spacial score (nSPS) is 12.9. The zero-order chi connectivity index (χ0) is 11.8. The van der Waals surface area contributed by atoms with Crippen molar-refractivity contribution in [1.82, 2.24) is 10.6 Å². The molecule has 0 radical (unpaired) electrons. The summed E-state index contributed by atoms with van der Waals surface area (Å²) in [6.45, 7) is 7.57. The molecule has 0 amide bonds. The molecule has 4 heteroatoms. The van der Waals surface area contributed by atoms with Gasteiger partial charge in [-0.3, -0.25) is 0 Å². The van der Waals surface area contributed by atoms with Gasteiger partial charge in [0.15, 0.2) is 0 Å². The highest BCUT2D eigenvalue weighted by molar-refractivity contribution is 5.11. The van der Waals surface area contributed by atoms with Crippen LogP contribution in [0.5, 0.6) is 0 Å². The maximum atomic E-state index is 5.24. The van der Waals surface area contributed by atoms with Gasteiger partial charge in [-0.1, -0.05) is 0 Å². The Morgan fingerprint density at radius 3 is 2.94 bits per heavy atom. The van der Waals surface area contributed by atoms with E-state index >= 15 is 0 Å². The Kier molecular flexibility index (Phi) is 6.15. The Bertz CT molecular complexity index is 286. The van der Waals surface area contributed by atoms with Gasteiger partial charge < -0.3 is 19.8 Å². The lowest BCUT2D eigenvalue weighted by atomic mass is 10.2. The molecule has 92 valence electrons. The van der Waals surface area contributed by atoms with Crippen molar-refractivity contribution in [2.45, 2.75) is 26.4 Å². The molecule has 0 aliphatic heterocycles. The summed E-state index contributed by atoms with van der Waals surface area (Å²) in [5.74, 6) is 0.961. The molecule has 2 N–H and O–H groups in total. The third kappa shape index (κ3) is 5.30. The number of rotatable bonds is 8. The molecule has 0 bridgehead atoms. The maximum Gasteiger partial charge on any atom is 0.101 e. The molecule has 1 aromatic heterocycles. The molecule has 1 heterocycles. The first-order chi connectivity index (χ1) is 7.72. The largest absolute Gasteiger partial charge is 0.469 e. The van der Waals surface area contributed by atoms with Crippen LogP contribution in [0.1, 0.15) is 18.2 Å². The van der Waals surface area contributed by atoms with Crippen LogP contribution in [0.4, 0.5) is 0 Å². The van der Waals surface area contributed by atoms with E-state index in [1.54, 1.807) is 13.4 Å². The Morgan fingerprint density at radius 2 is 2.31 bits per heavy atom. The maximum absolute atomic E-state index is 5.24. The van der Waals surface area contributed by atoms with Gasteiger partial charge in [-0.25, -0.2) is 0 Å². The third-order valence-electron chi connectivity index (χ3n) is 2.37. The number of hydrogen-bond donors (Lipinski definition) is 2. The number of hydrogen-bond acceptors (Lipinski definition) is 4. The van der Waals surface area contributed by atoms with E-state index in [9.17, 15) is 0 Å². The Hall–Kier alpha value is -0.840. The molecule has 0 aromatic carbocycles. The minimum Gasteiger partial charge on any atom is -0.469 e. The molecule has 1 unspecified atom stereocenters. The fraction of sp³-hybridized carbons (Fsp3) is 0.667. The number of aryl methyl sites for hydroxylation is 1. The van der Waals surface area contributed by atoms with Gasteiger partial charge >= 0.3 is 0 Å². The van der Waals surface area contributed by atoms with Crippen molar-refractivity contribution in [2.24, 2.45) is 0 Å². The first kappa shape index (κ1) is 13.2. The zero-order valence-electron chi connectivity index (χ0n) is 10.4. The minimum atomic E-state index is 0.437. The second-order valence-electron chi connectivity index (χ2n) is 4.04. The van der Waals surface area contributed by atoms with Crippen molar-refractivity contribution >= 4 is 0 Å². The summed E-state index contributed by atoms with van der Waals surface area (Å²) in [4.78, 5) is 0. The van der Waals surface area contributed by atoms with Crippen molar-refractivity contribution in [3.8, 4) is 0 Å². The average molecular weight is 226 g/mol. The van der Waals surface area contributed by atoms with Gasteiger partial charge in [-0.2, -0.15) is 0 Å². The van der Waals surface area contributed by atoms with E-state index in [4.69, 9.17) is 9.15 Å². The van der Waals surface area contributed by atoms with E-state index in [1.807, 2.05) is 6.92 Å².